The number of piperazine rings is 1. The van der Waals surface area contributed by atoms with Gasteiger partial charge in [-0.05, 0) is 43.0 Å². The molecule has 2 aromatic rings. The molecule has 1 aliphatic heterocycles. The van der Waals surface area contributed by atoms with Crippen molar-refractivity contribution in [1.82, 2.24) is 14.5 Å². The van der Waals surface area contributed by atoms with Gasteiger partial charge in [-0.2, -0.15) is 4.31 Å². The molecule has 0 aliphatic carbocycles. The van der Waals surface area contributed by atoms with Gasteiger partial charge in [-0.15, -0.1) is 11.3 Å². The van der Waals surface area contributed by atoms with Crippen molar-refractivity contribution < 1.29 is 13.2 Å². The molecule has 1 fully saturated rings. The molecule has 6 nitrogen and oxygen atoms in total. The Kier molecular flexibility index (Phi) is 7.11. The normalized spacial score (nSPS) is 17.4. The average Bonchev–Trinajstić information content (AvgIpc) is 3.21. The zero-order valence-corrected chi connectivity index (χ0v) is 18.1. The van der Waals surface area contributed by atoms with E-state index in [-0.39, 0.29) is 16.8 Å². The molecule has 9 heteroatoms. The van der Waals surface area contributed by atoms with E-state index in [4.69, 9.17) is 11.6 Å². The molecule has 152 valence electrons. The lowest BCUT2D eigenvalue weighted by molar-refractivity contribution is -0.126. The minimum atomic E-state index is -3.57. The monoisotopic (exact) mass is 441 g/mol. The Balaban J connectivity index is 1.50. The summed E-state index contributed by atoms with van der Waals surface area (Å²) in [7, 11) is -3.57. The van der Waals surface area contributed by atoms with E-state index in [9.17, 15) is 13.2 Å². The van der Waals surface area contributed by atoms with Crippen molar-refractivity contribution >= 4 is 38.9 Å². The SMILES string of the molecule is CC(C(=O)NCCc1cccs1)N1CCN(S(=O)(=O)c2cccc(Cl)c2)CC1. The molecule has 0 spiro atoms. The van der Waals surface area contributed by atoms with Crippen LogP contribution in [0.25, 0.3) is 0 Å². The van der Waals surface area contributed by atoms with E-state index in [0.29, 0.717) is 37.7 Å². The predicted octanol–water partition coefficient (Wildman–Crippen LogP) is 2.46. The highest BCUT2D eigenvalue weighted by Crippen LogP contribution is 2.21. The van der Waals surface area contributed by atoms with Crippen LogP contribution in [0.5, 0.6) is 0 Å². The van der Waals surface area contributed by atoms with Crippen molar-refractivity contribution in [2.75, 3.05) is 32.7 Å². The van der Waals surface area contributed by atoms with Crippen LogP contribution in [0.3, 0.4) is 0 Å². The number of hydrogen-bond donors (Lipinski definition) is 1. The summed E-state index contributed by atoms with van der Waals surface area (Å²) in [4.78, 5) is 15.9. The molecular weight excluding hydrogens is 418 g/mol. The van der Waals surface area contributed by atoms with Crippen LogP contribution in [-0.2, 0) is 21.2 Å². The van der Waals surface area contributed by atoms with Gasteiger partial charge in [0, 0.05) is 42.6 Å². The van der Waals surface area contributed by atoms with Crippen LogP contribution in [0, 0.1) is 0 Å². The number of carbonyl (C=O) groups is 1. The molecule has 1 aromatic carbocycles. The van der Waals surface area contributed by atoms with E-state index in [1.54, 1.807) is 29.5 Å². The molecule has 1 amide bonds. The Morgan fingerprint density at radius 3 is 2.61 bits per heavy atom. The lowest BCUT2D eigenvalue weighted by atomic mass is 10.2. The molecule has 1 aliphatic rings. The number of amides is 1. The lowest BCUT2D eigenvalue weighted by Gasteiger charge is -2.36. The van der Waals surface area contributed by atoms with Gasteiger partial charge in [-0.25, -0.2) is 8.42 Å². The van der Waals surface area contributed by atoms with Crippen molar-refractivity contribution in [3.63, 3.8) is 0 Å². The number of rotatable bonds is 7. The Labute approximate surface area is 175 Å². The van der Waals surface area contributed by atoms with E-state index >= 15 is 0 Å². The molecule has 1 saturated heterocycles. The zero-order chi connectivity index (χ0) is 20.1. The molecule has 28 heavy (non-hydrogen) atoms. The number of nitrogens with one attached hydrogen (secondary N) is 1. The minimum absolute atomic E-state index is 0.0253. The van der Waals surface area contributed by atoms with E-state index < -0.39 is 10.0 Å². The number of sulfonamides is 1. The first-order chi connectivity index (χ1) is 13.4. The van der Waals surface area contributed by atoms with Crippen LogP contribution >= 0.6 is 22.9 Å². The molecule has 1 unspecified atom stereocenters. The second-order valence-corrected chi connectivity index (χ2v) is 10.1. The Morgan fingerprint density at radius 2 is 1.96 bits per heavy atom. The third kappa shape index (κ3) is 5.12. The minimum Gasteiger partial charge on any atom is -0.354 e. The molecule has 3 rings (SSSR count). The van der Waals surface area contributed by atoms with Crippen LogP contribution < -0.4 is 5.32 Å². The number of benzene rings is 1. The average molecular weight is 442 g/mol. The maximum absolute atomic E-state index is 12.8. The Morgan fingerprint density at radius 1 is 1.21 bits per heavy atom. The zero-order valence-electron chi connectivity index (χ0n) is 15.7. The molecule has 2 heterocycles. The van der Waals surface area contributed by atoms with Crippen LogP contribution in [0.4, 0.5) is 0 Å². The van der Waals surface area contributed by atoms with Crippen molar-refractivity contribution in [2.45, 2.75) is 24.3 Å². The summed E-state index contributed by atoms with van der Waals surface area (Å²) in [5.41, 5.74) is 0. The Bertz CT molecular complexity index is 895. The lowest BCUT2D eigenvalue weighted by Crippen LogP contribution is -2.55. The van der Waals surface area contributed by atoms with Gasteiger partial charge in [0.1, 0.15) is 0 Å². The molecule has 1 aromatic heterocycles. The van der Waals surface area contributed by atoms with E-state index in [1.807, 2.05) is 23.3 Å². The number of carbonyl (C=O) groups excluding carboxylic acids is 1. The maximum Gasteiger partial charge on any atom is 0.243 e. The summed E-state index contributed by atoms with van der Waals surface area (Å²) >= 11 is 7.61. The van der Waals surface area contributed by atoms with Gasteiger partial charge >= 0.3 is 0 Å². The smallest absolute Gasteiger partial charge is 0.243 e. The first-order valence-electron chi connectivity index (χ1n) is 9.18. The fourth-order valence-electron chi connectivity index (χ4n) is 3.19. The number of hydrogen-bond acceptors (Lipinski definition) is 5. The highest BCUT2D eigenvalue weighted by molar-refractivity contribution is 7.89. The summed E-state index contributed by atoms with van der Waals surface area (Å²) in [5.74, 6) is -0.0253. The van der Waals surface area contributed by atoms with Gasteiger partial charge < -0.3 is 5.32 Å². The van der Waals surface area contributed by atoms with Gasteiger partial charge in [0.2, 0.25) is 15.9 Å². The first-order valence-corrected chi connectivity index (χ1v) is 11.9. The Hall–Kier alpha value is -1.45. The van der Waals surface area contributed by atoms with Crippen molar-refractivity contribution in [3.05, 3.63) is 51.7 Å². The third-order valence-electron chi connectivity index (χ3n) is 4.88. The standard InChI is InChI=1S/C19H24ClN3O3S2/c1-15(19(24)21-8-7-17-5-3-13-27-17)22-9-11-23(12-10-22)28(25,26)18-6-2-4-16(20)14-18/h2-6,13-15H,7-12H2,1H3,(H,21,24). The van der Waals surface area contributed by atoms with Crippen LogP contribution in [0.2, 0.25) is 5.02 Å². The summed E-state index contributed by atoms with van der Waals surface area (Å²) in [6.07, 6.45) is 0.821. The second kappa shape index (κ2) is 9.37. The molecule has 1 atom stereocenters. The molecular formula is C19H24ClN3O3S2. The number of thiophene rings is 1. The van der Waals surface area contributed by atoms with E-state index in [1.165, 1.54) is 15.2 Å². The highest BCUT2D eigenvalue weighted by atomic mass is 35.5. The van der Waals surface area contributed by atoms with Gasteiger partial charge in [-0.1, -0.05) is 23.7 Å². The first kappa shape index (κ1) is 21.3. The number of halogens is 1. The fourth-order valence-corrected chi connectivity index (χ4v) is 5.62. The van der Waals surface area contributed by atoms with Gasteiger partial charge in [-0.3, -0.25) is 9.69 Å². The molecule has 1 N–H and O–H groups in total. The topological polar surface area (TPSA) is 69.7 Å². The maximum atomic E-state index is 12.8. The third-order valence-corrected chi connectivity index (χ3v) is 7.95. The summed E-state index contributed by atoms with van der Waals surface area (Å²) in [6, 6.07) is 10.1. The number of nitrogens with zero attached hydrogens (tertiary/aromatic N) is 2. The molecule has 0 saturated carbocycles. The van der Waals surface area contributed by atoms with Gasteiger partial charge in [0.25, 0.3) is 0 Å². The van der Waals surface area contributed by atoms with Crippen LogP contribution in [0.15, 0.2) is 46.7 Å². The van der Waals surface area contributed by atoms with Crippen molar-refractivity contribution in [3.8, 4) is 0 Å². The van der Waals surface area contributed by atoms with Crippen LogP contribution in [0.1, 0.15) is 11.8 Å². The summed E-state index contributed by atoms with van der Waals surface area (Å²) in [6.45, 7) is 4.19. The summed E-state index contributed by atoms with van der Waals surface area (Å²) in [5, 5.41) is 5.39. The van der Waals surface area contributed by atoms with E-state index in [2.05, 4.69) is 11.4 Å². The van der Waals surface area contributed by atoms with Crippen molar-refractivity contribution in [2.24, 2.45) is 0 Å². The summed E-state index contributed by atoms with van der Waals surface area (Å²) < 4.78 is 27.0. The van der Waals surface area contributed by atoms with Crippen molar-refractivity contribution in [1.29, 1.82) is 0 Å². The van der Waals surface area contributed by atoms with E-state index in [0.717, 1.165) is 6.42 Å². The second-order valence-electron chi connectivity index (χ2n) is 6.69. The van der Waals surface area contributed by atoms with Gasteiger partial charge in [0.05, 0.1) is 10.9 Å². The quantitative estimate of drug-likeness (QED) is 0.716. The highest BCUT2D eigenvalue weighted by Gasteiger charge is 2.31. The molecule has 0 radical (unpaired) electrons. The fraction of sp³-hybridized carbons (Fsp3) is 0.421. The molecule has 0 bridgehead atoms. The van der Waals surface area contributed by atoms with Gasteiger partial charge in [0.15, 0.2) is 0 Å². The van der Waals surface area contributed by atoms with Crippen LogP contribution in [-0.4, -0.2) is 62.3 Å². The predicted molar refractivity (Wildman–Crippen MR) is 112 cm³/mol. The largest absolute Gasteiger partial charge is 0.354 e.